The van der Waals surface area contributed by atoms with Gasteiger partial charge in [0.05, 0.1) is 5.60 Å². The van der Waals surface area contributed by atoms with Crippen molar-refractivity contribution >= 4 is 17.5 Å². The minimum Gasteiger partial charge on any atom is -0.434 e. The summed E-state index contributed by atoms with van der Waals surface area (Å²) in [4.78, 5) is 28.2. The van der Waals surface area contributed by atoms with E-state index in [0.717, 1.165) is 12.1 Å². The van der Waals surface area contributed by atoms with E-state index in [1.54, 1.807) is 13.8 Å². The van der Waals surface area contributed by atoms with Crippen LogP contribution in [0.5, 0.6) is 5.75 Å². The monoisotopic (exact) mass is 437 g/mol. The number of halogens is 3. The van der Waals surface area contributed by atoms with Crippen LogP contribution in [0.4, 0.5) is 18.9 Å². The van der Waals surface area contributed by atoms with Gasteiger partial charge in [0.2, 0.25) is 0 Å². The summed E-state index contributed by atoms with van der Waals surface area (Å²) in [5, 5.41) is 2.63. The Bertz CT molecular complexity index is 1000. The fraction of sp³-hybridized carbons (Fsp3) is 0.381. The van der Waals surface area contributed by atoms with Crippen LogP contribution in [0.3, 0.4) is 0 Å². The number of nitrogens with zero attached hydrogens (tertiary/aromatic N) is 1. The summed E-state index contributed by atoms with van der Waals surface area (Å²) in [5.41, 5.74) is 4.87. The number of nitrogens with two attached hydrogens (primary N) is 1. The Morgan fingerprint density at radius 1 is 1.26 bits per heavy atom. The quantitative estimate of drug-likeness (QED) is 0.721. The number of ether oxygens (including phenoxy) is 2. The smallest absolute Gasteiger partial charge is 0.387 e. The van der Waals surface area contributed by atoms with Gasteiger partial charge in [-0.15, -0.1) is 0 Å². The van der Waals surface area contributed by atoms with Crippen LogP contribution in [-0.2, 0) is 9.53 Å². The SMILES string of the molecule is C[C@H]1[C@@H](c2ccc(F)cc2OC(F)F)[C@H](C(=O)Nc2ccnc(C(N)=O)c2)OC1(C)C. The van der Waals surface area contributed by atoms with Crippen LogP contribution >= 0.6 is 0 Å². The number of carbonyl (C=O) groups is 2. The molecule has 0 bridgehead atoms. The number of rotatable bonds is 6. The van der Waals surface area contributed by atoms with Gasteiger partial charge in [-0.05, 0) is 38.0 Å². The number of nitrogens with one attached hydrogen (secondary N) is 1. The van der Waals surface area contributed by atoms with E-state index >= 15 is 0 Å². The van der Waals surface area contributed by atoms with Crippen molar-refractivity contribution in [3.63, 3.8) is 0 Å². The van der Waals surface area contributed by atoms with Crippen LogP contribution in [-0.4, -0.2) is 35.1 Å². The fourth-order valence-corrected chi connectivity index (χ4v) is 3.69. The highest BCUT2D eigenvalue weighted by Gasteiger charge is 2.51. The molecule has 1 fully saturated rings. The Morgan fingerprint density at radius 2 is 1.97 bits per heavy atom. The topological polar surface area (TPSA) is 104 Å². The van der Waals surface area contributed by atoms with Gasteiger partial charge in [0.1, 0.15) is 23.4 Å². The summed E-state index contributed by atoms with van der Waals surface area (Å²) in [6, 6.07) is 6.06. The minimum absolute atomic E-state index is 0.0402. The maximum absolute atomic E-state index is 13.7. The Hall–Kier alpha value is -3.14. The maximum Gasteiger partial charge on any atom is 0.387 e. The molecule has 2 aromatic rings. The standard InChI is InChI=1S/C21H22F3N3O4/c1-10-16(13-5-4-11(22)8-15(13)30-20(23)24)17(31-21(10,2)3)19(29)27-12-6-7-26-14(9-12)18(25)28/h4-10,16-17,20H,1-3H3,(H2,25,28)(H,26,27,29)/t10-,16-,17+/m0/s1. The van der Waals surface area contributed by atoms with Crippen molar-refractivity contribution in [2.45, 2.75) is 45.0 Å². The van der Waals surface area contributed by atoms with Crippen molar-refractivity contribution in [2.24, 2.45) is 11.7 Å². The predicted molar refractivity (Wildman–Crippen MR) is 105 cm³/mol. The second-order valence-corrected chi connectivity index (χ2v) is 7.80. The summed E-state index contributed by atoms with van der Waals surface area (Å²) in [5.74, 6) is -3.46. The van der Waals surface area contributed by atoms with E-state index in [9.17, 15) is 22.8 Å². The number of alkyl halides is 2. The molecule has 1 aromatic heterocycles. The van der Waals surface area contributed by atoms with Crippen LogP contribution in [0.1, 0.15) is 42.7 Å². The van der Waals surface area contributed by atoms with E-state index in [1.807, 2.05) is 6.92 Å². The molecule has 3 atom stereocenters. The zero-order valence-electron chi connectivity index (χ0n) is 17.1. The zero-order valence-corrected chi connectivity index (χ0v) is 17.1. The highest BCUT2D eigenvalue weighted by molar-refractivity contribution is 5.97. The molecular formula is C21H22F3N3O4. The Morgan fingerprint density at radius 3 is 2.61 bits per heavy atom. The summed E-state index contributed by atoms with van der Waals surface area (Å²) in [6.07, 6.45) is 0.213. The number of anilines is 1. The number of pyridine rings is 1. The van der Waals surface area contributed by atoms with E-state index in [4.69, 9.17) is 10.5 Å². The molecule has 1 saturated heterocycles. The van der Waals surface area contributed by atoms with Crippen molar-refractivity contribution in [1.29, 1.82) is 0 Å². The van der Waals surface area contributed by atoms with Crippen LogP contribution in [0.25, 0.3) is 0 Å². The van der Waals surface area contributed by atoms with Crippen LogP contribution in [0, 0.1) is 11.7 Å². The zero-order chi connectivity index (χ0) is 22.9. The Labute approximate surface area is 176 Å². The Balaban J connectivity index is 1.96. The van der Waals surface area contributed by atoms with Gasteiger partial charge in [-0.1, -0.05) is 13.0 Å². The highest BCUT2D eigenvalue weighted by Crippen LogP contribution is 2.48. The van der Waals surface area contributed by atoms with Gasteiger partial charge >= 0.3 is 6.61 Å². The molecule has 10 heteroatoms. The Kier molecular flexibility index (Phi) is 6.21. The number of carbonyl (C=O) groups excluding carboxylic acids is 2. The first-order valence-electron chi connectivity index (χ1n) is 9.48. The first kappa shape index (κ1) is 22.5. The van der Waals surface area contributed by atoms with Gasteiger partial charge in [0.15, 0.2) is 0 Å². The van der Waals surface area contributed by atoms with Gasteiger partial charge in [-0.3, -0.25) is 14.6 Å². The average molecular weight is 437 g/mol. The molecular weight excluding hydrogens is 415 g/mol. The molecule has 1 aromatic carbocycles. The van der Waals surface area contributed by atoms with Gasteiger partial charge in [-0.2, -0.15) is 8.78 Å². The van der Waals surface area contributed by atoms with Gasteiger partial charge in [0, 0.05) is 29.4 Å². The number of amides is 2. The molecule has 3 rings (SSSR count). The molecule has 0 saturated carbocycles. The van der Waals surface area contributed by atoms with Crippen LogP contribution in [0.2, 0.25) is 0 Å². The fourth-order valence-electron chi connectivity index (χ4n) is 3.69. The summed E-state index contributed by atoms with van der Waals surface area (Å²) in [6.45, 7) is 2.19. The molecule has 3 N–H and O–H groups in total. The molecule has 166 valence electrons. The lowest BCUT2D eigenvalue weighted by molar-refractivity contribution is -0.131. The number of primary amides is 1. The molecule has 2 heterocycles. The number of benzene rings is 1. The lowest BCUT2D eigenvalue weighted by Gasteiger charge is -2.26. The number of hydrogen-bond acceptors (Lipinski definition) is 5. The predicted octanol–water partition coefficient (Wildman–Crippen LogP) is 3.46. The third-order valence-corrected chi connectivity index (χ3v) is 5.48. The third kappa shape index (κ3) is 4.79. The van der Waals surface area contributed by atoms with Crippen molar-refractivity contribution in [2.75, 3.05) is 5.32 Å². The van der Waals surface area contributed by atoms with Crippen molar-refractivity contribution in [3.05, 3.63) is 53.6 Å². The number of hydrogen-bond donors (Lipinski definition) is 2. The van der Waals surface area contributed by atoms with E-state index in [2.05, 4.69) is 15.0 Å². The molecule has 0 radical (unpaired) electrons. The van der Waals surface area contributed by atoms with Crippen LogP contribution in [0.15, 0.2) is 36.5 Å². The first-order chi connectivity index (χ1) is 14.5. The normalized spacial score (nSPS) is 22.4. The molecule has 0 unspecified atom stereocenters. The third-order valence-electron chi connectivity index (χ3n) is 5.48. The molecule has 0 aliphatic carbocycles. The van der Waals surface area contributed by atoms with Gasteiger partial charge < -0.3 is 20.5 Å². The lowest BCUT2D eigenvalue weighted by atomic mass is 9.78. The molecule has 2 amide bonds. The lowest BCUT2D eigenvalue weighted by Crippen LogP contribution is -2.33. The molecule has 0 spiro atoms. The largest absolute Gasteiger partial charge is 0.434 e. The molecule has 1 aliphatic rings. The van der Waals surface area contributed by atoms with Gasteiger partial charge in [-0.25, -0.2) is 4.39 Å². The average Bonchev–Trinajstić information content (AvgIpc) is 2.91. The van der Waals surface area contributed by atoms with Gasteiger partial charge in [0.25, 0.3) is 11.8 Å². The summed E-state index contributed by atoms with van der Waals surface area (Å²) >= 11 is 0. The second-order valence-electron chi connectivity index (χ2n) is 7.80. The van der Waals surface area contributed by atoms with E-state index in [0.29, 0.717) is 0 Å². The maximum atomic E-state index is 13.7. The van der Waals surface area contributed by atoms with Crippen LogP contribution < -0.4 is 15.8 Å². The minimum atomic E-state index is -3.16. The summed E-state index contributed by atoms with van der Waals surface area (Å²) < 4.78 is 50.0. The molecule has 1 aliphatic heterocycles. The van der Waals surface area contributed by atoms with Crippen molar-refractivity contribution < 1.29 is 32.2 Å². The summed E-state index contributed by atoms with van der Waals surface area (Å²) in [7, 11) is 0. The van der Waals surface area contributed by atoms with E-state index in [1.165, 1.54) is 24.4 Å². The first-order valence-corrected chi connectivity index (χ1v) is 9.48. The highest BCUT2D eigenvalue weighted by atomic mass is 19.3. The van der Waals surface area contributed by atoms with E-state index < -0.39 is 41.9 Å². The van der Waals surface area contributed by atoms with Crippen molar-refractivity contribution in [3.8, 4) is 5.75 Å². The van der Waals surface area contributed by atoms with Crippen molar-refractivity contribution in [1.82, 2.24) is 4.98 Å². The number of aromatic nitrogens is 1. The second kappa shape index (κ2) is 8.54. The van der Waals surface area contributed by atoms with E-state index in [-0.39, 0.29) is 28.6 Å². The molecule has 7 nitrogen and oxygen atoms in total. The molecule has 31 heavy (non-hydrogen) atoms.